The summed E-state index contributed by atoms with van der Waals surface area (Å²) in [5.41, 5.74) is 2.72. The number of methoxy groups -OCH3 is 3. The van der Waals surface area contributed by atoms with Crippen LogP contribution in [-0.2, 0) is 6.54 Å². The molecule has 0 atom stereocenters. The Morgan fingerprint density at radius 2 is 1.63 bits per heavy atom. The van der Waals surface area contributed by atoms with Gasteiger partial charge in [-0.1, -0.05) is 0 Å². The molecule has 184 valence electrons. The molecule has 0 aliphatic rings. The Kier molecular flexibility index (Phi) is 8.63. The molecule has 2 aromatic carbocycles. The lowest BCUT2D eigenvalue weighted by Crippen LogP contribution is -2.75. The van der Waals surface area contributed by atoms with Gasteiger partial charge in [-0.3, -0.25) is 4.98 Å². The second-order valence-electron chi connectivity index (χ2n) is 7.05. The van der Waals surface area contributed by atoms with Crippen molar-refractivity contribution >= 4 is 11.0 Å². The smallest absolute Gasteiger partial charge is 0.213 e. The molecule has 0 unspecified atom stereocenters. The number of pyridine rings is 1. The van der Waals surface area contributed by atoms with Gasteiger partial charge in [-0.25, -0.2) is 23.6 Å². The Balaban J connectivity index is 0.000000623. The first-order valence-electron chi connectivity index (χ1n) is 10.1. The predicted molar refractivity (Wildman–Crippen MR) is 113 cm³/mol. The summed E-state index contributed by atoms with van der Waals surface area (Å²) >= 11 is 0. The van der Waals surface area contributed by atoms with E-state index in [0.717, 1.165) is 33.2 Å². The molecule has 0 fully saturated rings. The van der Waals surface area contributed by atoms with Crippen LogP contribution < -0.4 is 43.2 Å². The van der Waals surface area contributed by atoms with E-state index in [1.165, 1.54) is 0 Å². The van der Waals surface area contributed by atoms with Crippen molar-refractivity contribution in [1.82, 2.24) is 4.98 Å². The Morgan fingerprint density at radius 1 is 0.886 bits per heavy atom. The molecule has 1 N–H and O–H groups in total. The number of ether oxygens (including phenoxy) is 3. The standard InChI is InChI=1S/C24H22N2O4.ClHO4/c1-27-18-7-9-21-19(12-18)20(26-15-16-5-4-10-25-14-16)13-23(30-21)17-6-8-22(28-2)24(11-17)29-3;2-1(3,4)5/h4-14H,15H2,1-3H3;(H,2,3,4,5). The summed E-state index contributed by atoms with van der Waals surface area (Å²) in [4.78, 5) is 7.69. The summed E-state index contributed by atoms with van der Waals surface area (Å²) in [6.07, 6.45) is 3.61. The molecule has 0 aliphatic carbocycles. The third-order valence-corrected chi connectivity index (χ3v) is 4.85. The molecule has 0 spiro atoms. The summed E-state index contributed by atoms with van der Waals surface area (Å²) in [5.74, 6) is 2.79. The minimum absolute atomic E-state index is 0.634. The zero-order chi connectivity index (χ0) is 25.4. The van der Waals surface area contributed by atoms with E-state index in [9.17, 15) is 0 Å². The van der Waals surface area contributed by atoms with Crippen molar-refractivity contribution in [2.75, 3.05) is 21.3 Å². The Labute approximate surface area is 203 Å². The number of hydrogen-bond donors (Lipinski definition) is 1. The summed E-state index contributed by atoms with van der Waals surface area (Å²) in [6, 6.07) is 17.4. The minimum atomic E-state index is -4.94. The SMILES string of the molecule is COc1ccc2oc(-c3ccc(OC)c(OC)c3)cc(=[NH+]Cc3cccnc3)c2c1.[O-][Cl+3]([O-])([O-])[O-]. The fourth-order valence-corrected chi connectivity index (χ4v) is 3.27. The normalized spacial score (nSPS) is 11.6. The van der Waals surface area contributed by atoms with E-state index >= 15 is 0 Å². The molecule has 0 saturated carbocycles. The topological polar surface area (TPSA) is 160 Å². The number of nitrogens with zero attached hydrogens (tertiary/aromatic N) is 1. The molecule has 0 saturated heterocycles. The molecule has 2 heterocycles. The fraction of sp³-hybridized carbons (Fsp3) is 0.167. The van der Waals surface area contributed by atoms with Gasteiger partial charge in [0.15, 0.2) is 18.0 Å². The largest absolute Gasteiger partial charge is 0.497 e. The Bertz CT molecular complexity index is 1330. The minimum Gasteiger partial charge on any atom is -0.497 e. The van der Waals surface area contributed by atoms with Crippen LogP contribution in [0.3, 0.4) is 0 Å². The molecule has 0 radical (unpaired) electrons. The first-order chi connectivity index (χ1) is 16.7. The van der Waals surface area contributed by atoms with Crippen LogP contribution >= 0.6 is 0 Å². The van der Waals surface area contributed by atoms with Crippen molar-refractivity contribution in [2.24, 2.45) is 0 Å². The number of halogens is 1. The number of benzene rings is 2. The number of aromatic nitrogens is 1. The zero-order valence-electron chi connectivity index (χ0n) is 19.1. The van der Waals surface area contributed by atoms with Gasteiger partial charge in [0, 0.05) is 23.5 Å². The van der Waals surface area contributed by atoms with Gasteiger partial charge < -0.3 is 18.6 Å². The molecule has 4 aromatic rings. The van der Waals surface area contributed by atoms with Crippen molar-refractivity contribution in [3.8, 4) is 28.6 Å². The third kappa shape index (κ3) is 7.41. The van der Waals surface area contributed by atoms with Crippen LogP contribution in [0.4, 0.5) is 0 Å². The highest BCUT2D eigenvalue weighted by Gasteiger charge is 2.13. The van der Waals surface area contributed by atoms with Gasteiger partial charge in [-0.15, -0.1) is 10.2 Å². The first-order valence-corrected chi connectivity index (χ1v) is 11.4. The van der Waals surface area contributed by atoms with E-state index in [-0.39, 0.29) is 0 Å². The van der Waals surface area contributed by atoms with Crippen molar-refractivity contribution in [1.29, 1.82) is 0 Å². The van der Waals surface area contributed by atoms with Crippen LogP contribution in [0.5, 0.6) is 17.2 Å². The molecule has 0 amide bonds. The first kappa shape index (κ1) is 25.9. The molecule has 4 rings (SSSR count). The van der Waals surface area contributed by atoms with Crippen LogP contribution in [-0.4, -0.2) is 26.3 Å². The highest BCUT2D eigenvalue weighted by Crippen LogP contribution is 2.33. The second-order valence-corrected chi connectivity index (χ2v) is 7.80. The van der Waals surface area contributed by atoms with Gasteiger partial charge >= 0.3 is 0 Å². The molecule has 0 bridgehead atoms. The molecule has 2 aromatic heterocycles. The van der Waals surface area contributed by atoms with Crippen LogP contribution in [0.25, 0.3) is 22.3 Å². The van der Waals surface area contributed by atoms with Crippen molar-refractivity contribution in [3.05, 3.63) is 77.9 Å². The molecular weight excluding hydrogens is 480 g/mol. The van der Waals surface area contributed by atoms with E-state index < -0.39 is 10.2 Å². The summed E-state index contributed by atoms with van der Waals surface area (Å²) in [6.45, 7) is 0.634. The van der Waals surface area contributed by atoms with E-state index in [1.807, 2.05) is 60.8 Å². The van der Waals surface area contributed by atoms with E-state index in [4.69, 9.17) is 37.3 Å². The average Bonchev–Trinajstić information content (AvgIpc) is 2.86. The van der Waals surface area contributed by atoms with Gasteiger partial charge in [-0.05, 0) is 48.5 Å². The maximum Gasteiger partial charge on any atom is 0.213 e. The van der Waals surface area contributed by atoms with Gasteiger partial charge in [0.1, 0.15) is 17.1 Å². The quantitative estimate of drug-likeness (QED) is 0.313. The van der Waals surface area contributed by atoms with Crippen LogP contribution in [0.2, 0.25) is 0 Å². The number of fused-ring (bicyclic) bond motifs is 1. The van der Waals surface area contributed by atoms with Crippen LogP contribution in [0, 0.1) is 10.2 Å². The Morgan fingerprint density at radius 3 is 2.26 bits per heavy atom. The molecule has 35 heavy (non-hydrogen) atoms. The zero-order valence-corrected chi connectivity index (χ0v) is 19.9. The van der Waals surface area contributed by atoms with Gasteiger partial charge in [0.25, 0.3) is 0 Å². The number of nitrogens with one attached hydrogen (secondary N) is 1. The van der Waals surface area contributed by atoms with Crippen molar-refractivity contribution in [3.63, 3.8) is 0 Å². The number of hydrogen-bond acceptors (Lipinski definition) is 9. The van der Waals surface area contributed by atoms with Crippen molar-refractivity contribution in [2.45, 2.75) is 6.54 Å². The lowest BCUT2D eigenvalue weighted by molar-refractivity contribution is -2.00. The summed E-state index contributed by atoms with van der Waals surface area (Å²) < 4.78 is 56.4. The van der Waals surface area contributed by atoms with Gasteiger partial charge in [-0.2, -0.15) is 0 Å². The van der Waals surface area contributed by atoms with E-state index in [1.54, 1.807) is 27.5 Å². The fourth-order valence-electron chi connectivity index (χ4n) is 3.27. The Hall–Kier alpha value is -3.67. The molecule has 11 heteroatoms. The van der Waals surface area contributed by atoms with Crippen LogP contribution in [0.1, 0.15) is 5.56 Å². The van der Waals surface area contributed by atoms with Crippen molar-refractivity contribution < 1.29 is 52.5 Å². The molecular formula is C24H23ClN2O8. The van der Waals surface area contributed by atoms with Gasteiger partial charge in [0.05, 0.1) is 32.8 Å². The third-order valence-electron chi connectivity index (χ3n) is 4.85. The maximum absolute atomic E-state index is 8.49. The highest BCUT2D eigenvalue weighted by atomic mass is 35.7. The lowest BCUT2D eigenvalue weighted by atomic mass is 10.1. The maximum atomic E-state index is 8.49. The highest BCUT2D eigenvalue weighted by molar-refractivity contribution is 5.79. The van der Waals surface area contributed by atoms with Gasteiger partial charge in [0.2, 0.25) is 5.36 Å². The monoisotopic (exact) mass is 502 g/mol. The number of rotatable bonds is 6. The molecule has 0 aliphatic heterocycles. The van der Waals surface area contributed by atoms with E-state index in [2.05, 4.69) is 9.98 Å². The lowest BCUT2D eigenvalue weighted by Gasteiger charge is -2.17. The molecule has 10 nitrogen and oxygen atoms in total. The predicted octanol–water partition coefficient (Wildman–Crippen LogP) is -2.05. The average molecular weight is 503 g/mol. The van der Waals surface area contributed by atoms with Crippen LogP contribution in [0.15, 0.2) is 71.4 Å². The second kappa shape index (κ2) is 11.6. The summed E-state index contributed by atoms with van der Waals surface area (Å²) in [5, 5.41) is 1.87. The van der Waals surface area contributed by atoms with E-state index in [0.29, 0.717) is 23.8 Å². The summed E-state index contributed by atoms with van der Waals surface area (Å²) in [7, 11) is -0.0584.